The molecule has 0 aromatic carbocycles. The molecule has 1 nitrogen and oxygen atoms in total. The summed E-state index contributed by atoms with van der Waals surface area (Å²) >= 11 is 3.70. The predicted octanol–water partition coefficient (Wildman–Crippen LogP) is 3.43. The summed E-state index contributed by atoms with van der Waals surface area (Å²) in [6.45, 7) is 7.45. The van der Waals surface area contributed by atoms with E-state index in [9.17, 15) is 0 Å². The maximum absolute atomic E-state index is 3.70. The fourth-order valence-corrected chi connectivity index (χ4v) is 3.61. The number of hydrogen-bond donors (Lipinski definition) is 0. The Kier molecular flexibility index (Phi) is 2.96. The second-order valence-corrected chi connectivity index (χ2v) is 6.39. The van der Waals surface area contributed by atoms with E-state index in [0.29, 0.717) is 11.0 Å². The first-order valence-corrected chi connectivity index (χ1v) is 7.01. The summed E-state index contributed by atoms with van der Waals surface area (Å²) < 4.78 is 0. The van der Waals surface area contributed by atoms with E-state index in [0.717, 1.165) is 0 Å². The van der Waals surface area contributed by atoms with Gasteiger partial charge in [0.15, 0.2) is 0 Å². The third-order valence-corrected chi connectivity index (χ3v) is 5.49. The maximum atomic E-state index is 3.70. The van der Waals surface area contributed by atoms with Gasteiger partial charge in [-0.15, -0.1) is 0 Å². The SMILES string of the molecule is CC1(C)CCCN1CC1(CBr)CCC1. The minimum atomic E-state index is 0.463. The fraction of sp³-hybridized carbons (Fsp3) is 1.00. The van der Waals surface area contributed by atoms with Gasteiger partial charge >= 0.3 is 0 Å². The molecule has 0 radical (unpaired) electrons. The van der Waals surface area contributed by atoms with Crippen LogP contribution in [-0.4, -0.2) is 28.9 Å². The Morgan fingerprint density at radius 2 is 1.86 bits per heavy atom. The zero-order valence-corrected chi connectivity index (χ0v) is 11.1. The van der Waals surface area contributed by atoms with E-state index < -0.39 is 0 Å². The first kappa shape index (κ1) is 10.9. The van der Waals surface area contributed by atoms with Crippen LogP contribution in [0.15, 0.2) is 0 Å². The van der Waals surface area contributed by atoms with Crippen LogP contribution in [0.1, 0.15) is 46.0 Å². The van der Waals surface area contributed by atoms with Gasteiger partial charge in [0.1, 0.15) is 0 Å². The molecule has 0 atom stereocenters. The highest BCUT2D eigenvalue weighted by atomic mass is 79.9. The molecule has 2 fully saturated rings. The van der Waals surface area contributed by atoms with Crippen LogP contribution in [0.25, 0.3) is 0 Å². The van der Waals surface area contributed by atoms with Crippen molar-refractivity contribution in [2.24, 2.45) is 5.41 Å². The van der Waals surface area contributed by atoms with E-state index in [2.05, 4.69) is 34.7 Å². The molecule has 1 saturated heterocycles. The Balaban J connectivity index is 1.96. The van der Waals surface area contributed by atoms with E-state index in [1.807, 2.05) is 0 Å². The minimum absolute atomic E-state index is 0.463. The van der Waals surface area contributed by atoms with Gasteiger partial charge < -0.3 is 0 Å². The van der Waals surface area contributed by atoms with Gasteiger partial charge in [0.25, 0.3) is 0 Å². The fourth-order valence-electron chi connectivity index (χ4n) is 2.87. The van der Waals surface area contributed by atoms with Crippen molar-refractivity contribution in [2.75, 3.05) is 18.4 Å². The summed E-state index contributed by atoms with van der Waals surface area (Å²) in [5, 5.41) is 1.20. The third-order valence-electron chi connectivity index (χ3n) is 4.30. The summed E-state index contributed by atoms with van der Waals surface area (Å²) in [7, 11) is 0. The van der Waals surface area contributed by atoms with E-state index in [4.69, 9.17) is 0 Å². The molecule has 82 valence electrons. The van der Waals surface area contributed by atoms with Gasteiger partial charge in [0.2, 0.25) is 0 Å². The van der Waals surface area contributed by atoms with Gasteiger partial charge in [0, 0.05) is 17.4 Å². The molecule has 1 aliphatic carbocycles. The highest BCUT2D eigenvalue weighted by Gasteiger charge is 2.42. The molecule has 0 N–H and O–H groups in total. The summed E-state index contributed by atoms with van der Waals surface area (Å²) in [5.74, 6) is 0. The zero-order chi connectivity index (χ0) is 10.2. The van der Waals surface area contributed by atoms with E-state index in [-0.39, 0.29) is 0 Å². The van der Waals surface area contributed by atoms with Gasteiger partial charge in [-0.25, -0.2) is 0 Å². The van der Waals surface area contributed by atoms with Crippen LogP contribution in [0.2, 0.25) is 0 Å². The topological polar surface area (TPSA) is 3.24 Å². The van der Waals surface area contributed by atoms with Crippen molar-refractivity contribution < 1.29 is 0 Å². The lowest BCUT2D eigenvalue weighted by atomic mass is 9.70. The highest BCUT2D eigenvalue weighted by molar-refractivity contribution is 9.09. The Labute approximate surface area is 96.4 Å². The largest absolute Gasteiger partial charge is 0.298 e. The van der Waals surface area contributed by atoms with Crippen molar-refractivity contribution in [3.63, 3.8) is 0 Å². The van der Waals surface area contributed by atoms with Crippen LogP contribution in [0.5, 0.6) is 0 Å². The smallest absolute Gasteiger partial charge is 0.0153 e. The number of likely N-dealkylation sites (tertiary alicyclic amines) is 1. The summed E-state index contributed by atoms with van der Waals surface area (Å²) in [6.07, 6.45) is 7.09. The predicted molar refractivity (Wildman–Crippen MR) is 65.0 cm³/mol. The molecule has 0 unspecified atom stereocenters. The molecule has 2 rings (SSSR count). The summed E-state index contributed by atoms with van der Waals surface area (Å²) in [4.78, 5) is 2.72. The molecule has 0 aromatic rings. The van der Waals surface area contributed by atoms with Crippen LogP contribution < -0.4 is 0 Å². The summed E-state index contributed by atoms with van der Waals surface area (Å²) in [6, 6.07) is 0. The maximum Gasteiger partial charge on any atom is 0.0153 e. The molecule has 0 bridgehead atoms. The van der Waals surface area contributed by atoms with E-state index in [1.54, 1.807) is 0 Å². The van der Waals surface area contributed by atoms with E-state index >= 15 is 0 Å². The number of hydrogen-bond acceptors (Lipinski definition) is 1. The lowest BCUT2D eigenvalue weighted by Crippen LogP contribution is -2.48. The van der Waals surface area contributed by atoms with Crippen molar-refractivity contribution in [2.45, 2.75) is 51.5 Å². The Morgan fingerprint density at radius 3 is 2.21 bits per heavy atom. The molecule has 0 spiro atoms. The second kappa shape index (κ2) is 3.79. The molecular formula is C12H22BrN. The lowest BCUT2D eigenvalue weighted by Gasteiger charge is -2.46. The number of nitrogens with zero attached hydrogens (tertiary/aromatic N) is 1. The van der Waals surface area contributed by atoms with Crippen LogP contribution in [0.4, 0.5) is 0 Å². The molecule has 2 heteroatoms. The number of rotatable bonds is 3. The number of alkyl halides is 1. The molecule has 1 aliphatic heterocycles. The summed E-state index contributed by atoms with van der Waals surface area (Å²) in [5.41, 5.74) is 1.09. The monoisotopic (exact) mass is 259 g/mol. The van der Waals surface area contributed by atoms with E-state index in [1.165, 1.54) is 50.5 Å². The molecule has 0 aromatic heterocycles. The van der Waals surface area contributed by atoms with Gasteiger partial charge in [-0.2, -0.15) is 0 Å². The normalized spacial score (nSPS) is 30.2. The van der Waals surface area contributed by atoms with Crippen molar-refractivity contribution in [1.82, 2.24) is 4.90 Å². The first-order chi connectivity index (χ1) is 6.58. The van der Waals surface area contributed by atoms with Crippen LogP contribution in [0.3, 0.4) is 0 Å². The third kappa shape index (κ3) is 1.88. The van der Waals surface area contributed by atoms with Gasteiger partial charge in [0.05, 0.1) is 0 Å². The van der Waals surface area contributed by atoms with Crippen molar-refractivity contribution in [3.05, 3.63) is 0 Å². The molecule has 0 amide bonds. The molecule has 2 aliphatic rings. The average molecular weight is 260 g/mol. The second-order valence-electron chi connectivity index (χ2n) is 5.82. The average Bonchev–Trinajstić information content (AvgIpc) is 2.38. The molecule has 1 heterocycles. The Bertz CT molecular complexity index is 203. The first-order valence-electron chi connectivity index (χ1n) is 5.89. The van der Waals surface area contributed by atoms with Crippen molar-refractivity contribution in [1.29, 1.82) is 0 Å². The van der Waals surface area contributed by atoms with Crippen LogP contribution in [-0.2, 0) is 0 Å². The minimum Gasteiger partial charge on any atom is -0.298 e. The van der Waals surface area contributed by atoms with Crippen molar-refractivity contribution >= 4 is 15.9 Å². The van der Waals surface area contributed by atoms with Gasteiger partial charge in [-0.1, -0.05) is 22.4 Å². The standard InChI is InChI=1S/C12H22BrN/c1-11(2)5-4-8-14(11)10-12(9-13)6-3-7-12/h3-10H2,1-2H3. The molecule has 14 heavy (non-hydrogen) atoms. The van der Waals surface area contributed by atoms with Crippen molar-refractivity contribution in [3.8, 4) is 0 Å². The van der Waals surface area contributed by atoms with Crippen LogP contribution in [0, 0.1) is 5.41 Å². The quantitative estimate of drug-likeness (QED) is 0.703. The van der Waals surface area contributed by atoms with Crippen LogP contribution >= 0.6 is 15.9 Å². The van der Waals surface area contributed by atoms with Gasteiger partial charge in [-0.3, -0.25) is 4.90 Å². The molecule has 1 saturated carbocycles. The van der Waals surface area contributed by atoms with Gasteiger partial charge in [-0.05, 0) is 51.5 Å². The Hall–Kier alpha value is 0.440. The Morgan fingerprint density at radius 1 is 1.14 bits per heavy atom. The lowest BCUT2D eigenvalue weighted by molar-refractivity contribution is 0.0563. The molecular weight excluding hydrogens is 238 g/mol. The number of halogens is 1. The highest BCUT2D eigenvalue weighted by Crippen LogP contribution is 2.45. The zero-order valence-electron chi connectivity index (χ0n) is 9.48.